The Kier molecular flexibility index (Phi) is 5.82. The number of aliphatic hydroxyl groups excluding tert-OH is 1. The van der Waals surface area contributed by atoms with Crippen molar-refractivity contribution in [2.45, 2.75) is 44.4 Å². The van der Waals surface area contributed by atoms with Crippen LogP contribution in [0.2, 0.25) is 0 Å². The number of nitrogens with zero attached hydrogens (tertiary/aromatic N) is 5. The number of benzene rings is 1. The molecule has 0 saturated heterocycles. The Labute approximate surface area is 194 Å². The first-order valence-electron chi connectivity index (χ1n) is 11.2. The molecule has 2 atom stereocenters. The van der Waals surface area contributed by atoms with Gasteiger partial charge in [-0.1, -0.05) is 18.9 Å². The second-order valence-electron chi connectivity index (χ2n) is 8.65. The lowest BCUT2D eigenvalue weighted by molar-refractivity contribution is 0.0714. The van der Waals surface area contributed by atoms with Gasteiger partial charge in [-0.3, -0.25) is 19.1 Å². The Hall–Kier alpha value is -3.66. The molecule has 1 aliphatic rings. The van der Waals surface area contributed by atoms with Crippen molar-refractivity contribution in [3.05, 3.63) is 65.7 Å². The van der Waals surface area contributed by atoms with Gasteiger partial charge in [0.2, 0.25) is 0 Å². The number of carbonyl (C=O) groups excluding carboxylic acids is 1. The zero-order chi connectivity index (χ0) is 23.8. The maximum atomic E-state index is 14.8. The second-order valence-corrected chi connectivity index (χ2v) is 8.65. The molecule has 3 aromatic heterocycles. The normalized spacial score (nSPS) is 18.4. The summed E-state index contributed by atoms with van der Waals surface area (Å²) in [5, 5.41) is 21.2. The fourth-order valence-electron chi connectivity index (χ4n) is 4.44. The molecule has 5 rings (SSSR count). The van der Waals surface area contributed by atoms with Gasteiger partial charge in [0.15, 0.2) is 5.69 Å². The van der Waals surface area contributed by atoms with Gasteiger partial charge < -0.3 is 10.4 Å². The van der Waals surface area contributed by atoms with Crippen LogP contribution in [0.1, 0.15) is 41.7 Å². The van der Waals surface area contributed by atoms with Gasteiger partial charge in [0.05, 0.1) is 36.0 Å². The number of carbonyl (C=O) groups is 1. The van der Waals surface area contributed by atoms with Crippen LogP contribution >= 0.6 is 0 Å². The Bertz CT molecular complexity index is 1350. The fraction of sp³-hybridized carbons (Fsp3) is 0.333. The fourth-order valence-corrected chi connectivity index (χ4v) is 4.44. The number of aryl methyl sites for hydroxylation is 1. The number of halogens is 2. The van der Waals surface area contributed by atoms with E-state index in [0.717, 1.165) is 36.2 Å². The van der Waals surface area contributed by atoms with Crippen molar-refractivity contribution >= 4 is 16.8 Å². The number of nitrogens with one attached hydrogen (secondary N) is 1. The molecule has 4 aromatic rings. The minimum absolute atomic E-state index is 0.0920. The van der Waals surface area contributed by atoms with Crippen LogP contribution in [0.4, 0.5) is 8.78 Å². The molecule has 0 radical (unpaired) electrons. The average molecular weight is 466 g/mol. The molecule has 0 unspecified atom stereocenters. The van der Waals surface area contributed by atoms with Gasteiger partial charge in [0, 0.05) is 25.0 Å². The van der Waals surface area contributed by atoms with E-state index in [1.54, 1.807) is 17.1 Å². The van der Waals surface area contributed by atoms with Crippen molar-refractivity contribution in [3.8, 4) is 11.3 Å². The van der Waals surface area contributed by atoms with Crippen LogP contribution in [0.5, 0.6) is 0 Å². The molecule has 10 heteroatoms. The molecular formula is C24H24F2N6O2. The van der Waals surface area contributed by atoms with Gasteiger partial charge >= 0.3 is 0 Å². The van der Waals surface area contributed by atoms with Gasteiger partial charge in [0.1, 0.15) is 17.2 Å². The standard InChI is InChI=1S/C24H24F2N6O2/c1-31-13-15(11-28-31)18-9-6-14(10-27-18)12-32-23-17(26)8-7-16(25)21(23)22(30-32)24(34)29-19-4-2-3-5-20(19)33/h6-11,13,19-20,33H,2-5,12H2,1H3,(H,29,34)/t19-,20-/m0/s1. The van der Waals surface area contributed by atoms with E-state index in [4.69, 9.17) is 0 Å². The number of hydrogen-bond donors (Lipinski definition) is 2. The van der Waals surface area contributed by atoms with Crippen LogP contribution in [0.25, 0.3) is 22.2 Å². The van der Waals surface area contributed by atoms with Crippen LogP contribution in [-0.4, -0.2) is 47.7 Å². The van der Waals surface area contributed by atoms with Crippen molar-refractivity contribution in [2.75, 3.05) is 0 Å². The molecule has 0 aliphatic heterocycles. The Morgan fingerprint density at radius 1 is 1.15 bits per heavy atom. The van der Waals surface area contributed by atoms with Gasteiger partial charge in [-0.2, -0.15) is 10.2 Å². The van der Waals surface area contributed by atoms with Crippen molar-refractivity contribution in [2.24, 2.45) is 7.05 Å². The Morgan fingerprint density at radius 2 is 1.94 bits per heavy atom. The van der Waals surface area contributed by atoms with Crippen LogP contribution in [0.15, 0.2) is 42.9 Å². The molecule has 1 amide bonds. The molecule has 1 fully saturated rings. The summed E-state index contributed by atoms with van der Waals surface area (Å²) in [6, 6.07) is 5.19. The summed E-state index contributed by atoms with van der Waals surface area (Å²) in [6.45, 7) is 0.0938. The summed E-state index contributed by atoms with van der Waals surface area (Å²) in [7, 11) is 1.82. The summed E-state index contributed by atoms with van der Waals surface area (Å²) >= 11 is 0. The number of fused-ring (bicyclic) bond motifs is 1. The van der Waals surface area contributed by atoms with Gasteiger partial charge in [-0.15, -0.1) is 0 Å². The molecule has 3 heterocycles. The quantitative estimate of drug-likeness (QED) is 0.471. The lowest BCUT2D eigenvalue weighted by Crippen LogP contribution is -2.45. The zero-order valence-electron chi connectivity index (χ0n) is 18.6. The first-order valence-corrected chi connectivity index (χ1v) is 11.2. The lowest BCUT2D eigenvalue weighted by Gasteiger charge is -2.28. The highest BCUT2D eigenvalue weighted by Crippen LogP contribution is 2.27. The Balaban J connectivity index is 1.47. The van der Waals surface area contributed by atoms with Gasteiger partial charge in [-0.25, -0.2) is 8.78 Å². The Morgan fingerprint density at radius 3 is 2.65 bits per heavy atom. The van der Waals surface area contributed by atoms with E-state index < -0.39 is 29.7 Å². The molecule has 1 saturated carbocycles. The molecule has 1 aromatic carbocycles. The third-order valence-electron chi connectivity index (χ3n) is 6.21. The van der Waals surface area contributed by atoms with E-state index in [2.05, 4.69) is 20.5 Å². The molecule has 0 bridgehead atoms. The maximum absolute atomic E-state index is 14.8. The highest BCUT2D eigenvalue weighted by atomic mass is 19.1. The predicted molar refractivity (Wildman–Crippen MR) is 121 cm³/mol. The highest BCUT2D eigenvalue weighted by molar-refractivity contribution is 6.05. The first-order chi connectivity index (χ1) is 16.4. The molecule has 1 aliphatic carbocycles. The predicted octanol–water partition coefficient (Wildman–Crippen LogP) is 3.19. The van der Waals surface area contributed by atoms with E-state index in [9.17, 15) is 18.7 Å². The third-order valence-corrected chi connectivity index (χ3v) is 6.21. The average Bonchev–Trinajstić information content (AvgIpc) is 3.43. The van der Waals surface area contributed by atoms with Crippen LogP contribution in [0, 0.1) is 11.6 Å². The van der Waals surface area contributed by atoms with E-state index in [1.807, 2.05) is 25.4 Å². The number of hydrogen-bond acceptors (Lipinski definition) is 5. The summed E-state index contributed by atoms with van der Waals surface area (Å²) in [5.41, 5.74) is 1.99. The number of pyridine rings is 1. The van der Waals surface area contributed by atoms with Crippen LogP contribution in [0.3, 0.4) is 0 Å². The molecule has 0 spiro atoms. The van der Waals surface area contributed by atoms with E-state index >= 15 is 0 Å². The molecule has 176 valence electrons. The maximum Gasteiger partial charge on any atom is 0.272 e. The van der Waals surface area contributed by atoms with Gasteiger partial charge in [-0.05, 0) is 36.6 Å². The lowest BCUT2D eigenvalue weighted by atomic mass is 9.92. The molecule has 8 nitrogen and oxygen atoms in total. The number of aromatic nitrogens is 5. The smallest absolute Gasteiger partial charge is 0.272 e. The molecule has 34 heavy (non-hydrogen) atoms. The SMILES string of the molecule is Cn1cc(-c2ccc(Cn3nc(C(=O)N[C@H]4CCCC[C@@H]4O)c4c(F)ccc(F)c43)cn2)cn1. The van der Waals surface area contributed by atoms with E-state index in [1.165, 1.54) is 4.68 Å². The largest absolute Gasteiger partial charge is 0.391 e. The van der Waals surface area contributed by atoms with Crippen molar-refractivity contribution < 1.29 is 18.7 Å². The van der Waals surface area contributed by atoms with Crippen molar-refractivity contribution in [1.82, 2.24) is 29.9 Å². The summed E-state index contributed by atoms with van der Waals surface area (Å²) in [6.07, 6.45) is 7.48. The first kappa shape index (κ1) is 22.1. The third kappa shape index (κ3) is 4.16. The van der Waals surface area contributed by atoms with Crippen LogP contribution < -0.4 is 5.32 Å². The number of aliphatic hydroxyl groups is 1. The number of rotatable bonds is 5. The van der Waals surface area contributed by atoms with Gasteiger partial charge in [0.25, 0.3) is 5.91 Å². The summed E-state index contributed by atoms with van der Waals surface area (Å²) in [4.78, 5) is 17.4. The van der Waals surface area contributed by atoms with E-state index in [-0.39, 0.29) is 23.1 Å². The highest BCUT2D eigenvalue weighted by Gasteiger charge is 2.28. The second kappa shape index (κ2) is 8.94. The number of amides is 1. The van der Waals surface area contributed by atoms with Crippen molar-refractivity contribution in [3.63, 3.8) is 0 Å². The molecular weight excluding hydrogens is 442 g/mol. The van der Waals surface area contributed by atoms with Crippen molar-refractivity contribution in [1.29, 1.82) is 0 Å². The molecule has 2 N–H and O–H groups in total. The topological polar surface area (TPSA) is 97.9 Å². The minimum atomic E-state index is -0.734. The minimum Gasteiger partial charge on any atom is -0.391 e. The van der Waals surface area contributed by atoms with Crippen LogP contribution in [-0.2, 0) is 13.6 Å². The summed E-state index contributed by atoms with van der Waals surface area (Å²) in [5.74, 6) is -2.05. The monoisotopic (exact) mass is 466 g/mol. The van der Waals surface area contributed by atoms with E-state index in [0.29, 0.717) is 18.4 Å². The zero-order valence-corrected chi connectivity index (χ0v) is 18.6. The summed E-state index contributed by atoms with van der Waals surface area (Å²) < 4.78 is 32.5.